The van der Waals surface area contributed by atoms with Gasteiger partial charge in [0.1, 0.15) is 11.9 Å². The van der Waals surface area contributed by atoms with Crippen LogP contribution in [0.5, 0.6) is 5.75 Å². The number of hydrogen-bond acceptors (Lipinski definition) is 1. The van der Waals surface area contributed by atoms with Crippen molar-refractivity contribution in [1.82, 2.24) is 0 Å². The van der Waals surface area contributed by atoms with Gasteiger partial charge in [-0.2, -0.15) is 0 Å². The summed E-state index contributed by atoms with van der Waals surface area (Å²) in [7, 11) is 0. The highest BCUT2D eigenvalue weighted by Gasteiger charge is 2.17. The lowest BCUT2D eigenvalue weighted by Crippen LogP contribution is -2.08. The van der Waals surface area contributed by atoms with Crippen molar-refractivity contribution >= 4 is 17.7 Å². The first kappa shape index (κ1) is 11.4. The van der Waals surface area contributed by atoms with E-state index in [0.717, 1.165) is 27.5 Å². The molecule has 1 heterocycles. The van der Waals surface area contributed by atoms with Gasteiger partial charge in [-0.3, -0.25) is 0 Å². The van der Waals surface area contributed by atoms with Gasteiger partial charge in [0, 0.05) is 10.6 Å². The van der Waals surface area contributed by atoms with Crippen LogP contribution in [0, 0.1) is 6.92 Å². The van der Waals surface area contributed by atoms with Gasteiger partial charge in [0.25, 0.3) is 0 Å². The first-order chi connectivity index (χ1) is 8.74. The molecule has 0 saturated carbocycles. The maximum absolute atomic E-state index is 6.11. The Kier molecular flexibility index (Phi) is 2.85. The Hall–Kier alpha value is -1.73. The molecule has 2 heteroatoms. The lowest BCUT2D eigenvalue weighted by molar-refractivity contribution is 0.251. The fourth-order valence-electron chi connectivity index (χ4n) is 2.09. The van der Waals surface area contributed by atoms with Gasteiger partial charge in [0.05, 0.1) is 0 Å². The second kappa shape index (κ2) is 4.51. The van der Waals surface area contributed by atoms with Crippen LogP contribution < -0.4 is 4.74 Å². The summed E-state index contributed by atoms with van der Waals surface area (Å²) in [6.07, 6.45) is 4.12. The van der Waals surface area contributed by atoms with Crippen molar-refractivity contribution in [2.24, 2.45) is 0 Å². The summed E-state index contributed by atoms with van der Waals surface area (Å²) in [5.41, 5.74) is 3.24. The summed E-state index contributed by atoms with van der Waals surface area (Å²) in [6.45, 7) is 1.99. The molecule has 0 fully saturated rings. The summed E-state index contributed by atoms with van der Waals surface area (Å²) in [6, 6.07) is 14.1. The van der Waals surface area contributed by atoms with E-state index < -0.39 is 0 Å². The molecule has 0 radical (unpaired) electrons. The van der Waals surface area contributed by atoms with E-state index in [9.17, 15) is 0 Å². The fourth-order valence-corrected chi connectivity index (χ4v) is 2.26. The van der Waals surface area contributed by atoms with Crippen molar-refractivity contribution < 1.29 is 4.74 Å². The quantitative estimate of drug-likeness (QED) is 0.712. The molecule has 1 aliphatic heterocycles. The number of aryl methyl sites for hydroxylation is 1. The molecule has 0 amide bonds. The molecule has 0 aliphatic carbocycles. The molecule has 0 saturated heterocycles. The first-order valence-electron chi connectivity index (χ1n) is 5.94. The normalized spacial score (nSPS) is 17.1. The van der Waals surface area contributed by atoms with Gasteiger partial charge in [0.2, 0.25) is 0 Å². The largest absolute Gasteiger partial charge is 0.481 e. The topological polar surface area (TPSA) is 9.23 Å². The molecule has 0 spiro atoms. The van der Waals surface area contributed by atoms with Crippen molar-refractivity contribution in [3.05, 3.63) is 70.3 Å². The van der Waals surface area contributed by atoms with Crippen LogP contribution in [0.1, 0.15) is 22.8 Å². The second-order valence-corrected chi connectivity index (χ2v) is 4.85. The Balaban J connectivity index is 1.97. The van der Waals surface area contributed by atoms with Crippen LogP contribution in [0.25, 0.3) is 6.08 Å². The first-order valence-corrected chi connectivity index (χ1v) is 6.32. The van der Waals surface area contributed by atoms with Crippen molar-refractivity contribution in [3.8, 4) is 5.75 Å². The zero-order valence-corrected chi connectivity index (χ0v) is 10.8. The van der Waals surface area contributed by atoms with Crippen molar-refractivity contribution in [2.45, 2.75) is 13.0 Å². The van der Waals surface area contributed by atoms with Gasteiger partial charge in [0.15, 0.2) is 0 Å². The molecular weight excluding hydrogens is 244 g/mol. The zero-order valence-electron chi connectivity index (χ0n) is 10.1. The third-order valence-corrected chi connectivity index (χ3v) is 3.53. The SMILES string of the molecule is Cc1cc2c(cc1Cl)C=CC(c1ccccc1)O2. The Morgan fingerprint density at radius 1 is 1.11 bits per heavy atom. The van der Waals surface area contributed by atoms with E-state index in [4.69, 9.17) is 16.3 Å². The number of fused-ring (bicyclic) bond motifs is 1. The van der Waals surface area contributed by atoms with Crippen LogP contribution in [-0.4, -0.2) is 0 Å². The maximum atomic E-state index is 6.11. The number of hydrogen-bond donors (Lipinski definition) is 0. The third kappa shape index (κ3) is 2.02. The minimum Gasteiger partial charge on any atom is -0.481 e. The van der Waals surface area contributed by atoms with E-state index in [1.165, 1.54) is 0 Å². The van der Waals surface area contributed by atoms with E-state index in [1.54, 1.807) is 0 Å². The van der Waals surface area contributed by atoms with Gasteiger partial charge in [-0.15, -0.1) is 0 Å². The fraction of sp³-hybridized carbons (Fsp3) is 0.125. The third-order valence-electron chi connectivity index (χ3n) is 3.12. The van der Waals surface area contributed by atoms with E-state index >= 15 is 0 Å². The van der Waals surface area contributed by atoms with Crippen molar-refractivity contribution in [3.63, 3.8) is 0 Å². The van der Waals surface area contributed by atoms with Crippen LogP contribution in [0.2, 0.25) is 5.02 Å². The molecule has 1 nitrogen and oxygen atoms in total. The van der Waals surface area contributed by atoms with E-state index in [2.05, 4.69) is 24.3 Å². The van der Waals surface area contributed by atoms with Gasteiger partial charge < -0.3 is 4.74 Å². The highest BCUT2D eigenvalue weighted by Crippen LogP contribution is 2.35. The molecule has 3 rings (SSSR count). The summed E-state index contributed by atoms with van der Waals surface area (Å²) in [4.78, 5) is 0. The summed E-state index contributed by atoms with van der Waals surface area (Å²) >= 11 is 6.11. The lowest BCUT2D eigenvalue weighted by atomic mass is 10.0. The lowest BCUT2D eigenvalue weighted by Gasteiger charge is -2.22. The van der Waals surface area contributed by atoms with Gasteiger partial charge in [-0.1, -0.05) is 48.0 Å². The molecule has 0 N–H and O–H groups in total. The van der Waals surface area contributed by atoms with E-state index in [1.807, 2.05) is 37.3 Å². The summed E-state index contributed by atoms with van der Waals surface area (Å²) in [5.74, 6) is 0.897. The van der Waals surface area contributed by atoms with Crippen molar-refractivity contribution in [1.29, 1.82) is 0 Å². The number of halogens is 1. The molecule has 0 aromatic heterocycles. The molecule has 18 heavy (non-hydrogen) atoms. The average Bonchev–Trinajstić information content (AvgIpc) is 2.41. The minimum absolute atomic E-state index is 0.0146. The predicted molar refractivity (Wildman–Crippen MR) is 75.0 cm³/mol. The van der Waals surface area contributed by atoms with Crippen LogP contribution in [0.3, 0.4) is 0 Å². The molecule has 2 aromatic rings. The average molecular weight is 257 g/mol. The molecular formula is C16H13ClO. The predicted octanol–water partition coefficient (Wildman–Crippen LogP) is 4.80. The van der Waals surface area contributed by atoms with Crippen LogP contribution in [0.4, 0.5) is 0 Å². The number of ether oxygens (including phenoxy) is 1. The zero-order chi connectivity index (χ0) is 12.5. The number of rotatable bonds is 1. The smallest absolute Gasteiger partial charge is 0.142 e. The second-order valence-electron chi connectivity index (χ2n) is 4.45. The Bertz CT molecular complexity index is 602. The van der Waals surface area contributed by atoms with Gasteiger partial charge in [-0.05, 0) is 36.3 Å². The van der Waals surface area contributed by atoms with Crippen LogP contribution >= 0.6 is 11.6 Å². The molecule has 90 valence electrons. The molecule has 0 bridgehead atoms. The summed E-state index contributed by atoms with van der Waals surface area (Å²) < 4.78 is 6.01. The van der Waals surface area contributed by atoms with Gasteiger partial charge >= 0.3 is 0 Å². The molecule has 1 atom stereocenters. The Morgan fingerprint density at radius 3 is 2.67 bits per heavy atom. The molecule has 1 aliphatic rings. The standard InChI is InChI=1S/C16H13ClO/c1-11-9-16-13(10-14(11)17)7-8-15(18-16)12-5-3-2-4-6-12/h2-10,15H,1H3. The van der Waals surface area contributed by atoms with E-state index in [-0.39, 0.29) is 6.10 Å². The Morgan fingerprint density at radius 2 is 1.89 bits per heavy atom. The minimum atomic E-state index is -0.0146. The monoisotopic (exact) mass is 256 g/mol. The van der Waals surface area contributed by atoms with Crippen LogP contribution in [-0.2, 0) is 0 Å². The highest BCUT2D eigenvalue weighted by molar-refractivity contribution is 6.31. The highest BCUT2D eigenvalue weighted by atomic mass is 35.5. The van der Waals surface area contributed by atoms with Crippen LogP contribution in [0.15, 0.2) is 48.5 Å². The molecule has 1 unspecified atom stereocenters. The van der Waals surface area contributed by atoms with Gasteiger partial charge in [-0.25, -0.2) is 0 Å². The van der Waals surface area contributed by atoms with Crippen molar-refractivity contribution in [2.75, 3.05) is 0 Å². The Labute approximate surface area is 112 Å². The molecule has 2 aromatic carbocycles. The summed E-state index contributed by atoms with van der Waals surface area (Å²) in [5, 5.41) is 0.778. The number of benzene rings is 2. The van der Waals surface area contributed by atoms with E-state index in [0.29, 0.717) is 0 Å². The maximum Gasteiger partial charge on any atom is 0.142 e.